The Bertz CT molecular complexity index is 389. The number of ether oxygens (including phenoxy) is 2. The number of benzene rings is 1. The molecule has 0 amide bonds. The molecule has 0 saturated carbocycles. The van der Waals surface area contributed by atoms with E-state index in [1.165, 1.54) is 0 Å². The van der Waals surface area contributed by atoms with Crippen LogP contribution in [0, 0.1) is 0 Å². The molecule has 0 aromatic heterocycles. The molecule has 0 aliphatic heterocycles. The van der Waals surface area contributed by atoms with E-state index in [1.54, 1.807) is 7.11 Å². The van der Waals surface area contributed by atoms with Crippen LogP contribution < -0.4 is 14.8 Å². The van der Waals surface area contributed by atoms with Gasteiger partial charge < -0.3 is 19.9 Å². The van der Waals surface area contributed by atoms with Gasteiger partial charge in [-0.25, -0.2) is 0 Å². The van der Waals surface area contributed by atoms with Gasteiger partial charge in [0.2, 0.25) is 0 Å². The molecule has 0 spiro atoms. The highest BCUT2D eigenvalue weighted by Crippen LogP contribution is 2.26. The fourth-order valence-corrected chi connectivity index (χ4v) is 1.82. The lowest BCUT2D eigenvalue weighted by Gasteiger charge is -2.26. The molecule has 0 radical (unpaired) electrons. The van der Waals surface area contributed by atoms with Crippen LogP contribution in [-0.4, -0.2) is 31.5 Å². The second kappa shape index (κ2) is 7.36. The first-order valence-corrected chi connectivity index (χ1v) is 6.75. The smallest absolute Gasteiger partial charge is 0.124 e. The topological polar surface area (TPSA) is 50.7 Å². The van der Waals surface area contributed by atoms with Crippen molar-refractivity contribution in [3.8, 4) is 11.5 Å². The van der Waals surface area contributed by atoms with Gasteiger partial charge in [-0.15, -0.1) is 0 Å². The van der Waals surface area contributed by atoms with Gasteiger partial charge in [0.25, 0.3) is 0 Å². The summed E-state index contributed by atoms with van der Waals surface area (Å²) in [6.45, 7) is 4.94. The monoisotopic (exact) mass is 267 g/mol. The molecule has 1 aromatic carbocycles. The third kappa shape index (κ3) is 4.40. The lowest BCUT2D eigenvalue weighted by atomic mass is 9.99. The zero-order valence-corrected chi connectivity index (χ0v) is 12.3. The number of aliphatic hydroxyl groups is 1. The van der Waals surface area contributed by atoms with Crippen molar-refractivity contribution in [2.24, 2.45) is 0 Å². The minimum atomic E-state index is -0.753. The van der Waals surface area contributed by atoms with Gasteiger partial charge in [0.1, 0.15) is 18.1 Å². The molecular formula is C15H25NO3. The van der Waals surface area contributed by atoms with Gasteiger partial charge in [-0.2, -0.15) is 0 Å². The molecule has 4 nitrogen and oxygen atoms in total. The van der Waals surface area contributed by atoms with E-state index < -0.39 is 5.60 Å². The van der Waals surface area contributed by atoms with Gasteiger partial charge in [-0.3, -0.25) is 0 Å². The highest BCUT2D eigenvalue weighted by atomic mass is 16.5. The van der Waals surface area contributed by atoms with Crippen molar-refractivity contribution in [3.63, 3.8) is 0 Å². The lowest BCUT2D eigenvalue weighted by molar-refractivity contribution is -0.0116. The van der Waals surface area contributed by atoms with E-state index in [9.17, 15) is 5.11 Å². The van der Waals surface area contributed by atoms with Gasteiger partial charge in [0.05, 0.1) is 12.7 Å². The molecule has 0 atom stereocenters. The Balaban J connectivity index is 2.82. The molecule has 1 aromatic rings. The average molecular weight is 267 g/mol. The lowest BCUT2D eigenvalue weighted by Crippen LogP contribution is -2.34. The van der Waals surface area contributed by atoms with Crippen molar-refractivity contribution >= 4 is 0 Å². The largest absolute Gasteiger partial charge is 0.497 e. The van der Waals surface area contributed by atoms with E-state index in [4.69, 9.17) is 9.47 Å². The SMILES string of the molecule is CCC(O)(CC)COc1ccc(OC)cc1CNC. The number of nitrogens with one attached hydrogen (secondary N) is 1. The zero-order chi connectivity index (χ0) is 14.3. The zero-order valence-electron chi connectivity index (χ0n) is 12.3. The molecule has 0 fully saturated rings. The van der Waals surface area contributed by atoms with Crippen molar-refractivity contribution < 1.29 is 14.6 Å². The van der Waals surface area contributed by atoms with E-state index >= 15 is 0 Å². The second-order valence-corrected chi connectivity index (χ2v) is 4.72. The van der Waals surface area contributed by atoms with E-state index in [0.717, 1.165) is 17.1 Å². The first-order valence-electron chi connectivity index (χ1n) is 6.75. The maximum absolute atomic E-state index is 10.2. The van der Waals surface area contributed by atoms with E-state index in [1.807, 2.05) is 39.1 Å². The molecule has 4 heteroatoms. The van der Waals surface area contributed by atoms with Crippen LogP contribution >= 0.6 is 0 Å². The molecule has 19 heavy (non-hydrogen) atoms. The van der Waals surface area contributed by atoms with Crippen LogP contribution in [0.2, 0.25) is 0 Å². The highest BCUT2D eigenvalue weighted by molar-refractivity contribution is 5.40. The summed E-state index contributed by atoms with van der Waals surface area (Å²) < 4.78 is 11.0. The van der Waals surface area contributed by atoms with Crippen LogP contribution in [0.5, 0.6) is 11.5 Å². The molecule has 0 aliphatic carbocycles. The minimum absolute atomic E-state index is 0.309. The van der Waals surface area contributed by atoms with Crippen LogP contribution in [0.3, 0.4) is 0 Å². The minimum Gasteiger partial charge on any atom is -0.497 e. The van der Waals surface area contributed by atoms with Gasteiger partial charge in [0.15, 0.2) is 0 Å². The number of hydrogen-bond donors (Lipinski definition) is 2. The molecule has 2 N–H and O–H groups in total. The van der Waals surface area contributed by atoms with E-state index in [-0.39, 0.29) is 0 Å². The average Bonchev–Trinajstić information content (AvgIpc) is 2.45. The number of rotatable bonds is 8. The summed E-state index contributed by atoms with van der Waals surface area (Å²) in [7, 11) is 3.53. The normalized spacial score (nSPS) is 11.4. The van der Waals surface area contributed by atoms with E-state index in [2.05, 4.69) is 5.32 Å². The van der Waals surface area contributed by atoms with Crippen LogP contribution in [0.1, 0.15) is 32.3 Å². The maximum atomic E-state index is 10.2. The molecule has 0 saturated heterocycles. The van der Waals surface area contributed by atoms with Crippen molar-refractivity contribution in [1.82, 2.24) is 5.32 Å². The summed E-state index contributed by atoms with van der Waals surface area (Å²) in [6.07, 6.45) is 1.36. The van der Waals surface area contributed by atoms with Crippen LogP contribution in [0.15, 0.2) is 18.2 Å². The Hall–Kier alpha value is -1.26. The molecule has 0 heterocycles. The Kier molecular flexibility index (Phi) is 6.12. The fraction of sp³-hybridized carbons (Fsp3) is 0.600. The maximum Gasteiger partial charge on any atom is 0.124 e. The van der Waals surface area contributed by atoms with Crippen LogP contribution in [-0.2, 0) is 6.54 Å². The predicted molar refractivity (Wildman–Crippen MR) is 76.8 cm³/mol. The van der Waals surface area contributed by atoms with Crippen molar-refractivity contribution in [3.05, 3.63) is 23.8 Å². The summed E-state index contributed by atoms with van der Waals surface area (Å²) >= 11 is 0. The Morgan fingerprint density at radius 3 is 2.47 bits per heavy atom. The summed E-state index contributed by atoms with van der Waals surface area (Å²) in [5.74, 6) is 1.59. The Labute approximate surface area is 115 Å². The molecule has 1 rings (SSSR count). The summed E-state index contributed by atoms with van der Waals surface area (Å²) in [5, 5.41) is 13.3. The Morgan fingerprint density at radius 1 is 1.26 bits per heavy atom. The molecule has 0 aliphatic rings. The van der Waals surface area contributed by atoms with E-state index in [0.29, 0.717) is 26.0 Å². The molecular weight excluding hydrogens is 242 g/mol. The predicted octanol–water partition coefficient (Wildman–Crippen LogP) is 2.34. The van der Waals surface area contributed by atoms with Crippen molar-refractivity contribution in [1.29, 1.82) is 0 Å². The quantitative estimate of drug-likeness (QED) is 0.759. The standard InChI is InChI=1S/C15H25NO3/c1-5-15(17,6-2)11-19-14-8-7-13(18-4)9-12(14)10-16-3/h7-9,16-17H,5-6,10-11H2,1-4H3. The summed E-state index contributed by atoms with van der Waals surface area (Å²) in [6, 6.07) is 5.70. The van der Waals surface area contributed by atoms with Gasteiger partial charge in [-0.05, 0) is 38.1 Å². The molecule has 108 valence electrons. The van der Waals surface area contributed by atoms with Crippen LogP contribution in [0.4, 0.5) is 0 Å². The number of methoxy groups -OCH3 is 1. The van der Waals surface area contributed by atoms with Crippen molar-refractivity contribution in [2.45, 2.75) is 38.8 Å². The molecule has 0 unspecified atom stereocenters. The first kappa shape index (κ1) is 15.8. The third-order valence-corrected chi connectivity index (χ3v) is 3.45. The fourth-order valence-electron chi connectivity index (χ4n) is 1.82. The third-order valence-electron chi connectivity index (χ3n) is 3.45. The summed E-state index contributed by atoms with van der Waals surface area (Å²) in [5.41, 5.74) is 0.271. The second-order valence-electron chi connectivity index (χ2n) is 4.72. The van der Waals surface area contributed by atoms with Gasteiger partial charge >= 0.3 is 0 Å². The Morgan fingerprint density at radius 2 is 1.95 bits per heavy atom. The van der Waals surface area contributed by atoms with Crippen molar-refractivity contribution in [2.75, 3.05) is 20.8 Å². The summed E-state index contributed by atoms with van der Waals surface area (Å²) in [4.78, 5) is 0. The first-order chi connectivity index (χ1) is 9.08. The molecule has 0 bridgehead atoms. The van der Waals surface area contributed by atoms with Gasteiger partial charge in [0, 0.05) is 12.1 Å². The highest BCUT2D eigenvalue weighted by Gasteiger charge is 2.23. The van der Waals surface area contributed by atoms with Gasteiger partial charge in [-0.1, -0.05) is 13.8 Å². The van der Waals surface area contributed by atoms with Crippen LogP contribution in [0.25, 0.3) is 0 Å². The number of hydrogen-bond acceptors (Lipinski definition) is 4.